The first-order valence-electron chi connectivity index (χ1n) is 7.22. The summed E-state index contributed by atoms with van der Waals surface area (Å²) in [5.41, 5.74) is 4.60. The molecule has 0 fully saturated rings. The Morgan fingerprint density at radius 1 is 1.14 bits per heavy atom. The van der Waals surface area contributed by atoms with E-state index < -0.39 is 0 Å². The quantitative estimate of drug-likeness (QED) is 0.397. The van der Waals surface area contributed by atoms with Crippen molar-refractivity contribution in [3.63, 3.8) is 0 Å². The van der Waals surface area contributed by atoms with Gasteiger partial charge in [-0.2, -0.15) is 0 Å². The average molecular weight is 283 g/mol. The van der Waals surface area contributed by atoms with Crippen molar-refractivity contribution in [1.82, 2.24) is 0 Å². The Balaban J connectivity index is 1.86. The van der Waals surface area contributed by atoms with Crippen molar-refractivity contribution in [2.75, 3.05) is 6.61 Å². The second-order valence-electron chi connectivity index (χ2n) is 5.30. The van der Waals surface area contributed by atoms with Gasteiger partial charge in [-0.3, -0.25) is 10.1 Å². The number of unbranched alkanes of at least 4 members (excludes halogenated alkanes) is 1. The SMILES string of the molecule is CCCCOc1ccc2c(c1)Cc1cc([N+](=O)[O-])ccc1-2. The normalized spacial score (nSPS) is 11.9. The van der Waals surface area contributed by atoms with Gasteiger partial charge in [0.05, 0.1) is 11.5 Å². The van der Waals surface area contributed by atoms with Crippen LogP contribution >= 0.6 is 0 Å². The fourth-order valence-corrected chi connectivity index (χ4v) is 2.71. The molecule has 3 rings (SSSR count). The minimum atomic E-state index is -0.345. The van der Waals surface area contributed by atoms with Crippen LogP contribution in [0.25, 0.3) is 11.1 Å². The molecular weight excluding hydrogens is 266 g/mol. The molecule has 0 aromatic heterocycles. The van der Waals surface area contributed by atoms with E-state index >= 15 is 0 Å². The van der Waals surface area contributed by atoms with Crippen LogP contribution in [0, 0.1) is 10.1 Å². The van der Waals surface area contributed by atoms with Crippen LogP contribution in [0.2, 0.25) is 0 Å². The van der Waals surface area contributed by atoms with Crippen molar-refractivity contribution < 1.29 is 9.66 Å². The van der Waals surface area contributed by atoms with E-state index in [4.69, 9.17) is 4.74 Å². The van der Waals surface area contributed by atoms with Crippen molar-refractivity contribution in [3.05, 3.63) is 57.6 Å². The Bertz CT molecular complexity index is 694. The third-order valence-electron chi connectivity index (χ3n) is 3.81. The molecule has 0 bridgehead atoms. The topological polar surface area (TPSA) is 52.4 Å². The zero-order valence-electron chi connectivity index (χ0n) is 12.0. The summed E-state index contributed by atoms with van der Waals surface area (Å²) in [6, 6.07) is 11.2. The maximum absolute atomic E-state index is 10.9. The maximum Gasteiger partial charge on any atom is 0.269 e. The predicted molar refractivity (Wildman–Crippen MR) is 81.7 cm³/mol. The fraction of sp³-hybridized carbons (Fsp3) is 0.294. The molecule has 2 aromatic rings. The van der Waals surface area contributed by atoms with Gasteiger partial charge < -0.3 is 4.74 Å². The van der Waals surface area contributed by atoms with E-state index in [1.54, 1.807) is 12.1 Å². The molecule has 0 heterocycles. The number of hydrogen-bond donors (Lipinski definition) is 0. The first-order chi connectivity index (χ1) is 10.2. The Morgan fingerprint density at radius 2 is 1.86 bits per heavy atom. The molecule has 0 saturated heterocycles. The molecule has 0 unspecified atom stereocenters. The lowest BCUT2D eigenvalue weighted by Gasteiger charge is -2.07. The number of ether oxygens (including phenoxy) is 1. The van der Waals surface area contributed by atoms with Gasteiger partial charge >= 0.3 is 0 Å². The summed E-state index contributed by atoms with van der Waals surface area (Å²) >= 11 is 0. The summed E-state index contributed by atoms with van der Waals surface area (Å²) in [6.07, 6.45) is 2.89. The molecule has 1 aliphatic carbocycles. The van der Waals surface area contributed by atoms with Gasteiger partial charge in [-0.15, -0.1) is 0 Å². The van der Waals surface area contributed by atoms with E-state index in [0.717, 1.165) is 48.3 Å². The van der Waals surface area contributed by atoms with Crippen LogP contribution in [0.15, 0.2) is 36.4 Å². The smallest absolute Gasteiger partial charge is 0.269 e. The molecule has 0 N–H and O–H groups in total. The third-order valence-corrected chi connectivity index (χ3v) is 3.81. The number of hydrogen-bond acceptors (Lipinski definition) is 3. The second-order valence-corrected chi connectivity index (χ2v) is 5.30. The average Bonchev–Trinajstić information content (AvgIpc) is 2.84. The Kier molecular flexibility index (Phi) is 3.60. The molecule has 0 radical (unpaired) electrons. The molecule has 4 nitrogen and oxygen atoms in total. The molecule has 21 heavy (non-hydrogen) atoms. The van der Waals surface area contributed by atoms with Crippen molar-refractivity contribution in [2.24, 2.45) is 0 Å². The van der Waals surface area contributed by atoms with Gasteiger partial charge in [0.15, 0.2) is 0 Å². The summed E-state index contributed by atoms with van der Waals surface area (Å²) in [5.74, 6) is 0.879. The number of nitro benzene ring substituents is 1. The van der Waals surface area contributed by atoms with Crippen LogP contribution in [0.5, 0.6) is 5.75 Å². The lowest BCUT2D eigenvalue weighted by atomic mass is 10.1. The first-order valence-corrected chi connectivity index (χ1v) is 7.22. The van der Waals surface area contributed by atoms with Gasteiger partial charge in [0.1, 0.15) is 5.75 Å². The minimum Gasteiger partial charge on any atom is -0.494 e. The van der Waals surface area contributed by atoms with Crippen molar-refractivity contribution in [1.29, 1.82) is 0 Å². The van der Waals surface area contributed by atoms with Gasteiger partial charge in [0, 0.05) is 12.1 Å². The molecule has 0 amide bonds. The minimum absolute atomic E-state index is 0.154. The standard InChI is InChI=1S/C17H17NO3/c1-2-3-8-21-15-5-7-17-13(11-15)9-12-10-14(18(19)20)4-6-16(12)17/h4-7,10-11H,2-3,8-9H2,1H3. The van der Waals surface area contributed by atoms with Crippen LogP contribution in [0.1, 0.15) is 30.9 Å². The fourth-order valence-electron chi connectivity index (χ4n) is 2.71. The maximum atomic E-state index is 10.9. The van der Waals surface area contributed by atoms with Crippen LogP contribution in [-0.2, 0) is 6.42 Å². The van der Waals surface area contributed by atoms with Crippen molar-refractivity contribution >= 4 is 5.69 Å². The predicted octanol–water partition coefficient (Wildman–Crippen LogP) is 4.34. The summed E-state index contributed by atoms with van der Waals surface area (Å²) in [4.78, 5) is 10.5. The monoisotopic (exact) mass is 283 g/mol. The molecule has 0 spiro atoms. The summed E-state index contributed by atoms with van der Waals surface area (Å²) in [6.45, 7) is 2.86. The van der Waals surface area contributed by atoms with Gasteiger partial charge in [0.25, 0.3) is 5.69 Å². The molecule has 0 aliphatic heterocycles. The zero-order chi connectivity index (χ0) is 14.8. The first kappa shape index (κ1) is 13.6. The van der Waals surface area contributed by atoms with E-state index in [2.05, 4.69) is 13.0 Å². The van der Waals surface area contributed by atoms with Crippen LogP contribution in [0.4, 0.5) is 5.69 Å². The second kappa shape index (κ2) is 5.56. The van der Waals surface area contributed by atoms with Gasteiger partial charge in [-0.1, -0.05) is 19.4 Å². The number of rotatable bonds is 5. The van der Waals surface area contributed by atoms with Crippen molar-refractivity contribution in [2.45, 2.75) is 26.2 Å². The van der Waals surface area contributed by atoms with E-state index in [9.17, 15) is 10.1 Å². The molecule has 108 valence electrons. The molecule has 2 aromatic carbocycles. The summed E-state index contributed by atoms with van der Waals surface area (Å²) < 4.78 is 5.72. The van der Waals surface area contributed by atoms with E-state index in [-0.39, 0.29) is 10.6 Å². The van der Waals surface area contributed by atoms with Gasteiger partial charge in [-0.25, -0.2) is 0 Å². The number of benzene rings is 2. The van der Waals surface area contributed by atoms with E-state index in [1.165, 1.54) is 5.56 Å². The highest BCUT2D eigenvalue weighted by atomic mass is 16.6. The van der Waals surface area contributed by atoms with Crippen LogP contribution in [-0.4, -0.2) is 11.5 Å². The number of nitro groups is 1. The summed E-state index contributed by atoms with van der Waals surface area (Å²) in [5, 5.41) is 10.9. The summed E-state index contributed by atoms with van der Waals surface area (Å²) in [7, 11) is 0. The van der Waals surface area contributed by atoms with E-state index in [1.807, 2.05) is 18.2 Å². The largest absolute Gasteiger partial charge is 0.494 e. The van der Waals surface area contributed by atoms with Crippen molar-refractivity contribution in [3.8, 4) is 16.9 Å². The van der Waals surface area contributed by atoms with Crippen LogP contribution < -0.4 is 4.74 Å². The molecule has 4 heteroatoms. The zero-order valence-corrected chi connectivity index (χ0v) is 12.0. The number of fused-ring (bicyclic) bond motifs is 3. The van der Waals surface area contributed by atoms with Gasteiger partial charge in [0.2, 0.25) is 0 Å². The Labute approximate surface area is 123 Å². The van der Waals surface area contributed by atoms with Gasteiger partial charge in [-0.05, 0) is 53.3 Å². The Hall–Kier alpha value is -2.36. The number of nitrogens with zero attached hydrogens (tertiary/aromatic N) is 1. The lowest BCUT2D eigenvalue weighted by molar-refractivity contribution is -0.384. The highest BCUT2D eigenvalue weighted by molar-refractivity contribution is 5.78. The Morgan fingerprint density at radius 3 is 2.57 bits per heavy atom. The number of non-ortho nitro benzene ring substituents is 1. The van der Waals surface area contributed by atoms with E-state index in [0.29, 0.717) is 0 Å². The lowest BCUT2D eigenvalue weighted by Crippen LogP contribution is -1.96. The molecule has 0 atom stereocenters. The molecular formula is C17H17NO3. The highest BCUT2D eigenvalue weighted by Gasteiger charge is 2.21. The molecule has 1 aliphatic rings. The van der Waals surface area contributed by atoms with Crippen LogP contribution in [0.3, 0.4) is 0 Å². The highest BCUT2D eigenvalue weighted by Crippen LogP contribution is 2.39. The molecule has 0 saturated carbocycles. The third kappa shape index (κ3) is 2.61.